The molecule has 17 heavy (non-hydrogen) atoms. The Bertz CT molecular complexity index is 476. The van der Waals surface area contributed by atoms with Crippen LogP contribution in [0.5, 0.6) is 0 Å². The van der Waals surface area contributed by atoms with Gasteiger partial charge in [0.1, 0.15) is 0 Å². The quantitative estimate of drug-likeness (QED) is 0.578. The summed E-state index contributed by atoms with van der Waals surface area (Å²) in [5.74, 6) is 0. The molecule has 0 amide bonds. The smallest absolute Gasteiger partial charge is 0.166 e. The molecule has 0 atom stereocenters. The lowest BCUT2D eigenvalue weighted by Crippen LogP contribution is -2.14. The highest BCUT2D eigenvalue weighted by Gasteiger charge is 2.08. The van der Waals surface area contributed by atoms with E-state index in [1.165, 1.54) is 4.70 Å². The highest BCUT2D eigenvalue weighted by molar-refractivity contribution is 7.98. The average molecular weight is 262 g/mol. The fourth-order valence-corrected chi connectivity index (χ4v) is 3.59. The van der Waals surface area contributed by atoms with Gasteiger partial charge in [0.2, 0.25) is 0 Å². The molecule has 0 radical (unpaired) electrons. The van der Waals surface area contributed by atoms with Crippen molar-refractivity contribution in [1.29, 1.82) is 0 Å². The molecule has 0 spiro atoms. The molecule has 88 valence electrons. The average Bonchev–Trinajstić information content (AvgIpc) is 2.71. The van der Waals surface area contributed by atoms with Crippen molar-refractivity contribution in [2.45, 2.75) is 4.34 Å². The number of rotatable bonds is 6. The highest BCUT2D eigenvalue weighted by Crippen LogP contribution is 2.31. The summed E-state index contributed by atoms with van der Waals surface area (Å²) in [5, 5.41) is 0. The van der Waals surface area contributed by atoms with Gasteiger partial charge in [0.25, 0.3) is 0 Å². The van der Waals surface area contributed by atoms with Crippen LogP contribution in [0, 0.1) is 0 Å². The molecule has 2 aromatic rings. The maximum Gasteiger partial charge on any atom is 0.166 e. The minimum Gasteiger partial charge on any atom is -0.237 e. The van der Waals surface area contributed by atoms with Gasteiger partial charge in [-0.1, -0.05) is 24.3 Å². The fraction of sp³-hybridized carbons (Fsp3) is 0.154. The van der Waals surface area contributed by atoms with E-state index in [9.17, 15) is 0 Å². The maximum atomic E-state index is 4.59. The lowest BCUT2D eigenvalue weighted by atomic mass is 10.3. The summed E-state index contributed by atoms with van der Waals surface area (Å²) in [6.07, 6.45) is 3.79. The zero-order chi connectivity index (χ0) is 12.1. The maximum absolute atomic E-state index is 4.59. The van der Waals surface area contributed by atoms with Gasteiger partial charge in [-0.3, -0.25) is 0 Å². The fourth-order valence-electron chi connectivity index (χ4n) is 1.44. The number of fused-ring (bicyclic) bond motifs is 1. The first-order chi connectivity index (χ1) is 8.33. The van der Waals surface area contributed by atoms with Crippen molar-refractivity contribution in [2.24, 2.45) is 0 Å². The summed E-state index contributed by atoms with van der Waals surface area (Å²) in [4.78, 5) is 4.59. The van der Waals surface area contributed by atoms with Gasteiger partial charge in [0.05, 0.1) is 10.2 Å². The van der Waals surface area contributed by atoms with Crippen molar-refractivity contribution in [2.75, 3.05) is 13.1 Å². The summed E-state index contributed by atoms with van der Waals surface area (Å²) in [5.41, 5.74) is 1.07. The summed E-state index contributed by atoms with van der Waals surface area (Å²) in [7, 11) is 0. The molecule has 0 saturated heterocycles. The molecule has 0 bridgehead atoms. The third-order valence-electron chi connectivity index (χ3n) is 2.15. The standard InChI is InChI=1S/C13H14N2S2/c1-3-9-15(10-4-2)17-13-14-11-7-5-6-8-12(11)16-13/h3-8H,1-2,9-10H2. The van der Waals surface area contributed by atoms with Gasteiger partial charge in [-0.05, 0) is 24.1 Å². The van der Waals surface area contributed by atoms with Crippen LogP contribution in [0.4, 0.5) is 0 Å². The molecule has 2 nitrogen and oxygen atoms in total. The Morgan fingerprint density at radius 2 is 1.94 bits per heavy atom. The SMILES string of the molecule is C=CCN(CC=C)Sc1nc2ccccc2s1. The molecule has 1 heterocycles. The summed E-state index contributed by atoms with van der Waals surface area (Å²) >= 11 is 3.38. The lowest BCUT2D eigenvalue weighted by molar-refractivity contribution is 0.579. The van der Waals surface area contributed by atoms with Crippen LogP contribution in [0.25, 0.3) is 10.2 Å². The lowest BCUT2D eigenvalue weighted by Gasteiger charge is -2.14. The highest BCUT2D eigenvalue weighted by atomic mass is 32.2. The third kappa shape index (κ3) is 3.19. The molecule has 0 fully saturated rings. The first-order valence-corrected chi connectivity index (χ1v) is 6.92. The molecular formula is C13H14N2S2. The Morgan fingerprint density at radius 1 is 1.24 bits per heavy atom. The second-order valence-corrected chi connectivity index (χ2v) is 5.84. The van der Waals surface area contributed by atoms with Crippen LogP contribution in [-0.4, -0.2) is 22.4 Å². The number of hydrogen-bond acceptors (Lipinski definition) is 4. The van der Waals surface area contributed by atoms with Gasteiger partial charge < -0.3 is 0 Å². The normalized spacial score (nSPS) is 10.9. The molecule has 4 heteroatoms. The van der Waals surface area contributed by atoms with Gasteiger partial charge in [0.15, 0.2) is 4.34 Å². The minimum absolute atomic E-state index is 0.826. The van der Waals surface area contributed by atoms with Crippen LogP contribution in [0.15, 0.2) is 53.9 Å². The molecule has 0 unspecified atom stereocenters. The zero-order valence-electron chi connectivity index (χ0n) is 9.50. The van der Waals surface area contributed by atoms with Crippen molar-refractivity contribution >= 4 is 33.5 Å². The zero-order valence-corrected chi connectivity index (χ0v) is 11.1. The molecule has 0 aliphatic carbocycles. The Labute approximate surface area is 110 Å². The summed E-state index contributed by atoms with van der Waals surface area (Å²) in [6.45, 7) is 9.17. The van der Waals surface area contributed by atoms with Gasteiger partial charge in [-0.15, -0.1) is 24.5 Å². The van der Waals surface area contributed by atoms with E-state index < -0.39 is 0 Å². The first-order valence-electron chi connectivity index (χ1n) is 5.33. The van der Waals surface area contributed by atoms with Crippen LogP contribution < -0.4 is 0 Å². The molecular weight excluding hydrogens is 248 g/mol. The van der Waals surface area contributed by atoms with Gasteiger partial charge in [-0.25, -0.2) is 9.29 Å². The van der Waals surface area contributed by atoms with Crippen molar-refractivity contribution < 1.29 is 0 Å². The monoisotopic (exact) mass is 262 g/mol. The molecule has 0 aliphatic rings. The summed E-state index contributed by atoms with van der Waals surface area (Å²) < 4.78 is 4.47. The number of aromatic nitrogens is 1. The van der Waals surface area contributed by atoms with E-state index >= 15 is 0 Å². The van der Waals surface area contributed by atoms with Gasteiger partial charge >= 0.3 is 0 Å². The number of nitrogens with zero attached hydrogens (tertiary/aromatic N) is 2. The van der Waals surface area contributed by atoms with Crippen LogP contribution in [0.1, 0.15) is 0 Å². The van der Waals surface area contributed by atoms with Crippen molar-refractivity contribution in [3.05, 3.63) is 49.6 Å². The van der Waals surface area contributed by atoms with Crippen molar-refractivity contribution in [3.8, 4) is 0 Å². The van der Waals surface area contributed by atoms with Crippen LogP contribution >= 0.6 is 23.3 Å². The molecule has 1 aromatic heterocycles. The van der Waals surface area contributed by atoms with E-state index in [2.05, 4.69) is 28.5 Å². The topological polar surface area (TPSA) is 16.1 Å². The second-order valence-electron chi connectivity index (χ2n) is 3.46. The molecule has 0 aliphatic heterocycles. The van der Waals surface area contributed by atoms with Crippen LogP contribution in [0.2, 0.25) is 0 Å². The predicted molar refractivity (Wildman–Crippen MR) is 77.4 cm³/mol. The van der Waals surface area contributed by atoms with E-state index in [1.807, 2.05) is 30.4 Å². The number of para-hydroxylation sites is 1. The Balaban J connectivity index is 2.15. The number of hydrogen-bond donors (Lipinski definition) is 0. The van der Waals surface area contributed by atoms with Crippen LogP contribution in [-0.2, 0) is 0 Å². The third-order valence-corrected chi connectivity index (χ3v) is 4.26. The Morgan fingerprint density at radius 3 is 2.59 bits per heavy atom. The molecule has 2 rings (SSSR count). The molecule has 0 N–H and O–H groups in total. The molecule has 1 aromatic carbocycles. The predicted octanol–water partition coefficient (Wildman–Crippen LogP) is 3.98. The molecule has 0 saturated carbocycles. The van der Waals surface area contributed by atoms with E-state index in [0.717, 1.165) is 22.9 Å². The van der Waals surface area contributed by atoms with Gasteiger partial charge in [0, 0.05) is 13.1 Å². The van der Waals surface area contributed by atoms with E-state index in [-0.39, 0.29) is 0 Å². The summed E-state index contributed by atoms with van der Waals surface area (Å²) in [6, 6.07) is 8.20. The largest absolute Gasteiger partial charge is 0.237 e. The first kappa shape index (κ1) is 12.4. The Kier molecular flexibility index (Phi) is 4.36. The van der Waals surface area contributed by atoms with E-state index in [0.29, 0.717) is 0 Å². The number of benzene rings is 1. The van der Waals surface area contributed by atoms with Crippen LogP contribution in [0.3, 0.4) is 0 Å². The van der Waals surface area contributed by atoms with Gasteiger partial charge in [-0.2, -0.15) is 0 Å². The number of thiazole rings is 1. The van der Waals surface area contributed by atoms with Crippen molar-refractivity contribution in [3.63, 3.8) is 0 Å². The van der Waals surface area contributed by atoms with E-state index in [1.54, 1.807) is 23.3 Å². The second kappa shape index (κ2) is 6.00. The van der Waals surface area contributed by atoms with E-state index in [4.69, 9.17) is 0 Å². The van der Waals surface area contributed by atoms with Crippen molar-refractivity contribution in [1.82, 2.24) is 9.29 Å². The Hall–Kier alpha value is -1.10. The minimum atomic E-state index is 0.826.